The SMILES string of the molecule is CN(Cc1ccccc1OCCCCC1NNNN1)C(=O)c1ccc(-c2ccco2)cc1. The van der Waals surface area contributed by atoms with E-state index < -0.39 is 0 Å². The Labute approximate surface area is 187 Å². The highest BCUT2D eigenvalue weighted by atomic mass is 16.5. The van der Waals surface area contributed by atoms with Gasteiger partial charge < -0.3 is 14.1 Å². The molecule has 3 aromatic rings. The second kappa shape index (κ2) is 10.9. The van der Waals surface area contributed by atoms with Crippen molar-refractivity contribution in [2.24, 2.45) is 0 Å². The molecule has 1 amide bonds. The lowest BCUT2D eigenvalue weighted by molar-refractivity contribution is 0.0784. The minimum atomic E-state index is -0.0374. The summed E-state index contributed by atoms with van der Waals surface area (Å²) >= 11 is 0. The van der Waals surface area contributed by atoms with Crippen LogP contribution in [-0.4, -0.2) is 30.6 Å². The number of benzene rings is 2. The van der Waals surface area contributed by atoms with Gasteiger partial charge >= 0.3 is 0 Å². The van der Waals surface area contributed by atoms with Crippen molar-refractivity contribution >= 4 is 5.91 Å². The summed E-state index contributed by atoms with van der Waals surface area (Å²) in [5, 5.41) is 0. The number of hydrogen-bond donors (Lipinski definition) is 4. The third-order valence-electron chi connectivity index (χ3n) is 5.36. The molecule has 8 heteroatoms. The van der Waals surface area contributed by atoms with E-state index in [-0.39, 0.29) is 12.1 Å². The monoisotopic (exact) mass is 435 g/mol. The van der Waals surface area contributed by atoms with Crippen LogP contribution in [0, 0.1) is 0 Å². The third-order valence-corrected chi connectivity index (χ3v) is 5.36. The summed E-state index contributed by atoms with van der Waals surface area (Å²) in [5.74, 6) is 1.57. The van der Waals surface area contributed by atoms with Crippen LogP contribution in [0.3, 0.4) is 0 Å². The van der Waals surface area contributed by atoms with Gasteiger partial charge in [-0.15, -0.1) is 0 Å². The Morgan fingerprint density at radius 2 is 1.78 bits per heavy atom. The fraction of sp³-hybridized carbons (Fsp3) is 0.292. The zero-order valence-electron chi connectivity index (χ0n) is 18.1. The number of para-hydroxylation sites is 1. The van der Waals surface area contributed by atoms with Crippen LogP contribution in [0.1, 0.15) is 35.2 Å². The molecule has 0 spiro atoms. The molecule has 1 aromatic heterocycles. The summed E-state index contributed by atoms with van der Waals surface area (Å²) in [7, 11) is 1.81. The summed E-state index contributed by atoms with van der Waals surface area (Å²) in [6.45, 7) is 1.11. The summed E-state index contributed by atoms with van der Waals surface area (Å²) in [6, 6.07) is 19.1. The van der Waals surface area contributed by atoms with E-state index in [1.807, 2.05) is 67.7 Å². The van der Waals surface area contributed by atoms with E-state index >= 15 is 0 Å². The number of carbonyl (C=O) groups excluding carboxylic acids is 1. The summed E-state index contributed by atoms with van der Waals surface area (Å²) in [4.78, 5) is 14.6. The van der Waals surface area contributed by atoms with E-state index in [9.17, 15) is 4.79 Å². The standard InChI is InChI=1S/C24H29N5O3/c1-29(24(30)19-13-11-18(12-14-19)21-9-6-16-32-21)17-20-7-2-3-8-22(20)31-15-5-4-10-23-25-27-28-26-23/h2-3,6-9,11-14,16,23,25-28H,4-5,10,15,17H2,1H3. The fourth-order valence-electron chi connectivity index (χ4n) is 3.60. The molecule has 32 heavy (non-hydrogen) atoms. The number of hydrazine groups is 3. The van der Waals surface area contributed by atoms with Crippen LogP contribution in [0.5, 0.6) is 5.75 Å². The first-order chi connectivity index (χ1) is 15.7. The molecule has 2 aromatic carbocycles. The Morgan fingerprint density at radius 3 is 2.53 bits per heavy atom. The largest absolute Gasteiger partial charge is 0.493 e. The summed E-state index contributed by atoms with van der Waals surface area (Å²) < 4.78 is 11.4. The molecule has 168 valence electrons. The van der Waals surface area contributed by atoms with Gasteiger partial charge in [0.1, 0.15) is 11.5 Å². The molecule has 1 saturated heterocycles. The van der Waals surface area contributed by atoms with Gasteiger partial charge in [0, 0.05) is 30.3 Å². The van der Waals surface area contributed by atoms with Gasteiger partial charge in [-0.3, -0.25) is 4.79 Å². The van der Waals surface area contributed by atoms with Crippen molar-refractivity contribution in [3.8, 4) is 17.1 Å². The molecule has 0 bridgehead atoms. The van der Waals surface area contributed by atoms with E-state index in [0.717, 1.165) is 41.9 Å². The van der Waals surface area contributed by atoms with Crippen LogP contribution in [-0.2, 0) is 6.54 Å². The number of carbonyl (C=O) groups is 1. The van der Waals surface area contributed by atoms with Gasteiger partial charge in [0.2, 0.25) is 0 Å². The third kappa shape index (κ3) is 5.74. The van der Waals surface area contributed by atoms with Crippen molar-refractivity contribution in [1.82, 2.24) is 26.8 Å². The molecule has 0 atom stereocenters. The predicted octanol–water partition coefficient (Wildman–Crippen LogP) is 3.21. The molecule has 4 rings (SSSR count). The van der Waals surface area contributed by atoms with Gasteiger partial charge in [-0.2, -0.15) is 11.1 Å². The van der Waals surface area contributed by atoms with E-state index in [4.69, 9.17) is 9.15 Å². The van der Waals surface area contributed by atoms with E-state index in [1.165, 1.54) is 0 Å². The van der Waals surface area contributed by atoms with E-state index in [0.29, 0.717) is 18.7 Å². The smallest absolute Gasteiger partial charge is 0.253 e. The maximum atomic E-state index is 12.9. The zero-order valence-corrected chi connectivity index (χ0v) is 18.1. The number of nitrogens with zero attached hydrogens (tertiary/aromatic N) is 1. The van der Waals surface area contributed by atoms with Crippen LogP contribution in [0.4, 0.5) is 0 Å². The number of furan rings is 1. The minimum Gasteiger partial charge on any atom is -0.493 e. The van der Waals surface area contributed by atoms with Crippen LogP contribution >= 0.6 is 0 Å². The molecular weight excluding hydrogens is 406 g/mol. The number of hydrogen-bond acceptors (Lipinski definition) is 7. The van der Waals surface area contributed by atoms with Crippen molar-refractivity contribution in [3.05, 3.63) is 78.1 Å². The number of unbranched alkanes of at least 4 members (excludes halogenated alkanes) is 1. The van der Waals surface area contributed by atoms with E-state index in [1.54, 1.807) is 11.2 Å². The first-order valence-electron chi connectivity index (χ1n) is 10.8. The van der Waals surface area contributed by atoms with E-state index in [2.05, 4.69) is 21.9 Å². The lowest BCUT2D eigenvalue weighted by Gasteiger charge is -2.20. The summed E-state index contributed by atoms with van der Waals surface area (Å²) in [5.41, 5.74) is 14.4. The van der Waals surface area contributed by atoms with Gasteiger partial charge in [0.05, 0.1) is 19.0 Å². The molecular formula is C24H29N5O3. The van der Waals surface area contributed by atoms with Crippen LogP contribution in [0.2, 0.25) is 0 Å². The topological polar surface area (TPSA) is 90.8 Å². The van der Waals surface area contributed by atoms with Crippen LogP contribution in [0.15, 0.2) is 71.3 Å². The first kappa shape index (κ1) is 22.0. The molecule has 4 N–H and O–H groups in total. The highest BCUT2D eigenvalue weighted by molar-refractivity contribution is 5.94. The molecule has 0 unspecified atom stereocenters. The number of ether oxygens (including phenoxy) is 1. The highest BCUT2D eigenvalue weighted by Crippen LogP contribution is 2.23. The van der Waals surface area contributed by atoms with Crippen LogP contribution < -0.4 is 26.7 Å². The quantitative estimate of drug-likeness (QED) is 0.364. The highest BCUT2D eigenvalue weighted by Gasteiger charge is 2.15. The zero-order chi connectivity index (χ0) is 22.2. The van der Waals surface area contributed by atoms with Crippen LogP contribution in [0.25, 0.3) is 11.3 Å². The predicted molar refractivity (Wildman–Crippen MR) is 122 cm³/mol. The molecule has 1 fully saturated rings. The molecule has 1 aliphatic rings. The van der Waals surface area contributed by atoms with Crippen molar-refractivity contribution in [2.45, 2.75) is 32.0 Å². The van der Waals surface area contributed by atoms with Gasteiger partial charge in [-0.05, 0) is 49.6 Å². The van der Waals surface area contributed by atoms with Gasteiger partial charge in [-0.1, -0.05) is 30.3 Å². The van der Waals surface area contributed by atoms with Crippen molar-refractivity contribution in [2.75, 3.05) is 13.7 Å². The molecule has 0 aliphatic carbocycles. The summed E-state index contributed by atoms with van der Waals surface area (Å²) in [6.07, 6.45) is 4.82. The van der Waals surface area contributed by atoms with Gasteiger partial charge in [0.25, 0.3) is 5.91 Å². The second-order valence-corrected chi connectivity index (χ2v) is 7.76. The van der Waals surface area contributed by atoms with Crippen molar-refractivity contribution in [3.63, 3.8) is 0 Å². The Bertz CT molecular complexity index is 985. The van der Waals surface area contributed by atoms with Gasteiger partial charge in [-0.25, -0.2) is 10.9 Å². The Kier molecular flexibility index (Phi) is 7.52. The number of nitrogens with one attached hydrogen (secondary N) is 4. The second-order valence-electron chi connectivity index (χ2n) is 7.76. The number of amides is 1. The molecule has 0 radical (unpaired) electrons. The normalized spacial score (nSPS) is 13.9. The Morgan fingerprint density at radius 1 is 1.00 bits per heavy atom. The fourth-order valence-corrected chi connectivity index (χ4v) is 3.60. The maximum Gasteiger partial charge on any atom is 0.253 e. The molecule has 2 heterocycles. The molecule has 0 saturated carbocycles. The number of rotatable bonds is 10. The average molecular weight is 436 g/mol. The molecule has 8 nitrogen and oxygen atoms in total. The Hall–Kier alpha value is -3.17. The first-order valence-corrected chi connectivity index (χ1v) is 10.8. The van der Waals surface area contributed by atoms with Crippen molar-refractivity contribution in [1.29, 1.82) is 0 Å². The van der Waals surface area contributed by atoms with Gasteiger partial charge in [0.15, 0.2) is 0 Å². The maximum absolute atomic E-state index is 12.9. The molecule has 1 aliphatic heterocycles. The Balaban J connectivity index is 1.29. The lowest BCUT2D eigenvalue weighted by Crippen LogP contribution is -2.33. The minimum absolute atomic E-state index is 0.0374. The van der Waals surface area contributed by atoms with Crippen molar-refractivity contribution < 1.29 is 13.9 Å². The lowest BCUT2D eigenvalue weighted by atomic mass is 10.1. The average Bonchev–Trinajstić information content (AvgIpc) is 3.54.